The molecule has 1 heterocycles. The van der Waals surface area contributed by atoms with Gasteiger partial charge < -0.3 is 10.5 Å². The van der Waals surface area contributed by atoms with Crippen LogP contribution in [0.4, 0.5) is 0 Å². The molecule has 3 nitrogen and oxygen atoms in total. The zero-order valence-electron chi connectivity index (χ0n) is 11.9. The second-order valence-electron chi connectivity index (χ2n) is 5.34. The maximum Gasteiger partial charge on any atom is 0.165 e. The molecule has 0 fully saturated rings. The Morgan fingerprint density at radius 2 is 1.90 bits per heavy atom. The van der Waals surface area contributed by atoms with Crippen molar-refractivity contribution in [3.05, 3.63) is 70.8 Å². The molecule has 108 valence electrons. The van der Waals surface area contributed by atoms with Crippen molar-refractivity contribution in [2.75, 3.05) is 6.61 Å². The van der Waals surface area contributed by atoms with E-state index in [4.69, 9.17) is 10.5 Å². The molecular formula is C18H19NO2. The van der Waals surface area contributed by atoms with E-state index in [1.807, 2.05) is 36.4 Å². The van der Waals surface area contributed by atoms with Crippen LogP contribution in [0.25, 0.3) is 0 Å². The Hall–Kier alpha value is -1.97. The summed E-state index contributed by atoms with van der Waals surface area (Å²) in [7, 11) is 0. The lowest BCUT2D eigenvalue weighted by Gasteiger charge is -2.25. The predicted molar refractivity (Wildman–Crippen MR) is 82.1 cm³/mol. The minimum atomic E-state index is -0.128. The molecule has 0 aliphatic carbocycles. The van der Waals surface area contributed by atoms with Crippen LogP contribution in [-0.4, -0.2) is 12.4 Å². The molecule has 3 rings (SSSR count). The molecule has 0 amide bonds. The summed E-state index contributed by atoms with van der Waals surface area (Å²) >= 11 is 0. The van der Waals surface area contributed by atoms with Crippen molar-refractivity contribution in [1.29, 1.82) is 0 Å². The highest BCUT2D eigenvalue weighted by molar-refractivity contribution is 5.96. The first-order chi connectivity index (χ1) is 10.3. The molecule has 2 aromatic rings. The molecule has 1 unspecified atom stereocenters. The molecule has 2 aromatic carbocycles. The second-order valence-corrected chi connectivity index (χ2v) is 5.34. The average Bonchev–Trinajstić information content (AvgIpc) is 2.55. The molecule has 0 aromatic heterocycles. The van der Waals surface area contributed by atoms with E-state index in [1.54, 1.807) is 0 Å². The van der Waals surface area contributed by atoms with Gasteiger partial charge in [0.2, 0.25) is 0 Å². The lowest BCUT2D eigenvalue weighted by atomic mass is 9.93. The minimum Gasteiger partial charge on any atom is -0.373 e. The highest BCUT2D eigenvalue weighted by atomic mass is 16.5. The molecule has 0 bridgehead atoms. The van der Waals surface area contributed by atoms with Crippen molar-refractivity contribution in [1.82, 2.24) is 0 Å². The third-order valence-electron chi connectivity index (χ3n) is 3.97. The summed E-state index contributed by atoms with van der Waals surface area (Å²) in [5.74, 6) is 0.111. The van der Waals surface area contributed by atoms with Crippen LogP contribution >= 0.6 is 0 Å². The molecule has 2 N–H and O–H groups in total. The fraction of sp³-hybridized carbons (Fsp3) is 0.278. The Bertz CT molecular complexity index is 634. The fourth-order valence-corrected chi connectivity index (χ4v) is 2.76. The SMILES string of the molecule is NCc1ccc(C(=O)CC2OCCc3ccccc32)cc1. The van der Waals surface area contributed by atoms with Crippen molar-refractivity contribution in [3.63, 3.8) is 0 Å². The number of ketones is 1. The van der Waals surface area contributed by atoms with Crippen LogP contribution in [0.15, 0.2) is 48.5 Å². The topological polar surface area (TPSA) is 52.3 Å². The molecular weight excluding hydrogens is 262 g/mol. The maximum absolute atomic E-state index is 12.4. The van der Waals surface area contributed by atoms with E-state index < -0.39 is 0 Å². The van der Waals surface area contributed by atoms with E-state index in [9.17, 15) is 4.79 Å². The molecule has 3 heteroatoms. The predicted octanol–water partition coefficient (Wildman–Crippen LogP) is 3.03. The largest absolute Gasteiger partial charge is 0.373 e. The Kier molecular flexibility index (Phi) is 4.13. The maximum atomic E-state index is 12.4. The lowest BCUT2D eigenvalue weighted by Crippen LogP contribution is -2.19. The summed E-state index contributed by atoms with van der Waals surface area (Å²) in [4.78, 5) is 12.4. The number of nitrogens with two attached hydrogens (primary N) is 1. The molecule has 0 spiro atoms. The molecule has 1 atom stereocenters. The Balaban J connectivity index is 1.76. The second kappa shape index (κ2) is 6.20. The van der Waals surface area contributed by atoms with Gasteiger partial charge in [0.15, 0.2) is 5.78 Å². The van der Waals surface area contributed by atoms with Crippen molar-refractivity contribution >= 4 is 5.78 Å². The number of hydrogen-bond acceptors (Lipinski definition) is 3. The van der Waals surface area contributed by atoms with Gasteiger partial charge in [-0.1, -0.05) is 48.5 Å². The quantitative estimate of drug-likeness (QED) is 0.876. The zero-order valence-corrected chi connectivity index (χ0v) is 11.9. The van der Waals surface area contributed by atoms with Gasteiger partial charge in [0.05, 0.1) is 12.7 Å². The number of carbonyl (C=O) groups excluding carboxylic acids is 1. The van der Waals surface area contributed by atoms with Crippen molar-refractivity contribution in [3.8, 4) is 0 Å². The van der Waals surface area contributed by atoms with Gasteiger partial charge in [-0.15, -0.1) is 0 Å². The summed E-state index contributed by atoms with van der Waals surface area (Å²) in [6.07, 6.45) is 1.18. The third-order valence-corrected chi connectivity index (χ3v) is 3.97. The average molecular weight is 281 g/mol. The minimum absolute atomic E-state index is 0.111. The highest BCUT2D eigenvalue weighted by Gasteiger charge is 2.23. The smallest absolute Gasteiger partial charge is 0.165 e. The highest BCUT2D eigenvalue weighted by Crippen LogP contribution is 2.30. The standard InChI is InChI=1S/C18H19NO2/c19-12-13-5-7-15(8-6-13)17(20)11-18-16-4-2-1-3-14(16)9-10-21-18/h1-8,18H,9-12,19H2. The third kappa shape index (κ3) is 3.04. The first-order valence-electron chi connectivity index (χ1n) is 7.29. The summed E-state index contributed by atoms with van der Waals surface area (Å²) < 4.78 is 5.80. The molecule has 21 heavy (non-hydrogen) atoms. The van der Waals surface area contributed by atoms with E-state index >= 15 is 0 Å². The summed E-state index contributed by atoms with van der Waals surface area (Å²) in [6.45, 7) is 1.18. The van der Waals surface area contributed by atoms with Crippen molar-refractivity contribution in [2.45, 2.75) is 25.5 Å². The number of rotatable bonds is 4. The van der Waals surface area contributed by atoms with E-state index in [0.717, 1.165) is 23.1 Å². The monoisotopic (exact) mass is 281 g/mol. The van der Waals surface area contributed by atoms with Gasteiger partial charge in [-0.25, -0.2) is 0 Å². The summed E-state index contributed by atoms with van der Waals surface area (Å²) in [5.41, 5.74) is 9.77. The summed E-state index contributed by atoms with van der Waals surface area (Å²) in [5, 5.41) is 0. The van der Waals surface area contributed by atoms with Gasteiger partial charge >= 0.3 is 0 Å². The van der Waals surface area contributed by atoms with Crippen LogP contribution in [0, 0.1) is 0 Å². The number of ether oxygens (including phenoxy) is 1. The Morgan fingerprint density at radius 1 is 1.14 bits per heavy atom. The molecule has 0 radical (unpaired) electrons. The van der Waals surface area contributed by atoms with Crippen LogP contribution in [0.2, 0.25) is 0 Å². The molecule has 1 aliphatic heterocycles. The lowest BCUT2D eigenvalue weighted by molar-refractivity contribution is 0.0352. The first kappa shape index (κ1) is 14.0. The van der Waals surface area contributed by atoms with Gasteiger partial charge in [0.25, 0.3) is 0 Å². The van der Waals surface area contributed by atoms with Crippen molar-refractivity contribution in [2.24, 2.45) is 5.73 Å². The Morgan fingerprint density at radius 3 is 2.67 bits per heavy atom. The van der Waals surface area contributed by atoms with Crippen LogP contribution in [0.3, 0.4) is 0 Å². The first-order valence-corrected chi connectivity index (χ1v) is 7.29. The van der Waals surface area contributed by atoms with E-state index in [2.05, 4.69) is 12.1 Å². The zero-order chi connectivity index (χ0) is 14.7. The molecule has 0 saturated heterocycles. The van der Waals surface area contributed by atoms with Gasteiger partial charge in [-0.05, 0) is 23.1 Å². The number of benzene rings is 2. The van der Waals surface area contributed by atoms with E-state index in [0.29, 0.717) is 19.6 Å². The van der Waals surface area contributed by atoms with Gasteiger partial charge in [0.1, 0.15) is 0 Å². The van der Waals surface area contributed by atoms with E-state index in [-0.39, 0.29) is 11.9 Å². The van der Waals surface area contributed by atoms with Gasteiger partial charge in [-0.2, -0.15) is 0 Å². The number of carbonyl (C=O) groups is 1. The van der Waals surface area contributed by atoms with Gasteiger partial charge in [-0.3, -0.25) is 4.79 Å². The number of hydrogen-bond donors (Lipinski definition) is 1. The molecule has 0 saturated carbocycles. The summed E-state index contributed by atoms with van der Waals surface area (Å²) in [6, 6.07) is 15.7. The van der Waals surface area contributed by atoms with Crippen LogP contribution in [-0.2, 0) is 17.7 Å². The van der Waals surface area contributed by atoms with Crippen LogP contribution in [0.5, 0.6) is 0 Å². The van der Waals surface area contributed by atoms with Crippen molar-refractivity contribution < 1.29 is 9.53 Å². The molecule has 1 aliphatic rings. The number of fused-ring (bicyclic) bond motifs is 1. The normalized spacial score (nSPS) is 17.3. The van der Waals surface area contributed by atoms with E-state index in [1.165, 1.54) is 5.56 Å². The van der Waals surface area contributed by atoms with Crippen LogP contribution in [0.1, 0.15) is 39.6 Å². The van der Waals surface area contributed by atoms with Gasteiger partial charge in [0, 0.05) is 18.5 Å². The van der Waals surface area contributed by atoms with Crippen LogP contribution < -0.4 is 5.73 Å². The fourth-order valence-electron chi connectivity index (χ4n) is 2.76. The number of Topliss-reactive ketones (excluding diaryl/α,β-unsaturated/α-hetero) is 1. The Labute approximate surface area is 124 Å².